The van der Waals surface area contributed by atoms with Gasteiger partial charge in [-0.05, 0) is 44.6 Å². The fourth-order valence-corrected chi connectivity index (χ4v) is 2.24. The van der Waals surface area contributed by atoms with E-state index in [2.05, 4.69) is 19.2 Å². The van der Waals surface area contributed by atoms with Gasteiger partial charge in [0.1, 0.15) is 5.60 Å². The highest BCUT2D eigenvalue weighted by molar-refractivity contribution is 5.67. The Labute approximate surface area is 97.9 Å². The lowest BCUT2D eigenvalue weighted by molar-refractivity contribution is 0.0523. The zero-order valence-electron chi connectivity index (χ0n) is 11.0. The number of ether oxygens (including phenoxy) is 1. The molecule has 0 aromatic rings. The molecule has 16 heavy (non-hydrogen) atoms. The molecule has 0 unspecified atom stereocenters. The van der Waals surface area contributed by atoms with Crippen LogP contribution in [0.5, 0.6) is 0 Å². The molecule has 0 aromatic carbocycles. The third-order valence-corrected chi connectivity index (χ3v) is 3.41. The smallest absolute Gasteiger partial charge is 0.407 e. The third kappa shape index (κ3) is 3.11. The molecular weight excluding hydrogens is 204 g/mol. The minimum absolute atomic E-state index is 0.254. The van der Waals surface area contributed by atoms with Crippen molar-refractivity contribution >= 4 is 6.09 Å². The summed E-state index contributed by atoms with van der Waals surface area (Å²) in [6.45, 7) is 11.3. The van der Waals surface area contributed by atoms with E-state index in [-0.39, 0.29) is 11.5 Å². The fraction of sp³-hybridized carbons (Fsp3) is 0.917. The first kappa shape index (κ1) is 13.3. The lowest BCUT2D eigenvalue weighted by Crippen LogP contribution is -2.34. The molecule has 2 atom stereocenters. The van der Waals surface area contributed by atoms with E-state index >= 15 is 0 Å². The molecule has 1 saturated carbocycles. The van der Waals surface area contributed by atoms with Gasteiger partial charge in [-0.25, -0.2) is 4.79 Å². The van der Waals surface area contributed by atoms with Crippen LogP contribution in [0.1, 0.15) is 34.6 Å². The molecule has 1 amide bonds. The first-order chi connectivity index (χ1) is 7.18. The molecule has 1 fully saturated rings. The first-order valence-corrected chi connectivity index (χ1v) is 5.85. The van der Waals surface area contributed by atoms with Gasteiger partial charge in [0.15, 0.2) is 0 Å². The van der Waals surface area contributed by atoms with Crippen LogP contribution in [0, 0.1) is 17.3 Å². The van der Waals surface area contributed by atoms with Gasteiger partial charge in [-0.1, -0.05) is 13.8 Å². The number of rotatable bonds is 3. The van der Waals surface area contributed by atoms with Crippen molar-refractivity contribution in [1.29, 1.82) is 0 Å². The van der Waals surface area contributed by atoms with Crippen molar-refractivity contribution in [1.82, 2.24) is 5.32 Å². The van der Waals surface area contributed by atoms with Crippen LogP contribution in [-0.2, 0) is 4.74 Å². The number of hydrogen-bond acceptors (Lipinski definition) is 3. The summed E-state index contributed by atoms with van der Waals surface area (Å²) in [4.78, 5) is 11.4. The van der Waals surface area contributed by atoms with Gasteiger partial charge >= 0.3 is 6.09 Å². The van der Waals surface area contributed by atoms with Crippen molar-refractivity contribution in [2.75, 3.05) is 13.1 Å². The molecule has 0 aromatic heterocycles. The van der Waals surface area contributed by atoms with Crippen LogP contribution in [0.25, 0.3) is 0 Å². The minimum Gasteiger partial charge on any atom is -0.444 e. The fourth-order valence-electron chi connectivity index (χ4n) is 2.24. The van der Waals surface area contributed by atoms with E-state index in [0.717, 1.165) is 0 Å². The van der Waals surface area contributed by atoms with Crippen molar-refractivity contribution < 1.29 is 9.53 Å². The second kappa shape index (κ2) is 4.24. The first-order valence-electron chi connectivity index (χ1n) is 5.85. The van der Waals surface area contributed by atoms with E-state index in [1.54, 1.807) is 0 Å². The molecular formula is C12H24N2O2. The molecule has 4 nitrogen and oxygen atoms in total. The molecule has 0 spiro atoms. The summed E-state index contributed by atoms with van der Waals surface area (Å²) in [6.07, 6.45) is -0.342. The predicted molar refractivity (Wildman–Crippen MR) is 64.1 cm³/mol. The van der Waals surface area contributed by atoms with Crippen molar-refractivity contribution in [2.24, 2.45) is 23.0 Å². The minimum atomic E-state index is -0.434. The van der Waals surface area contributed by atoms with Crippen LogP contribution in [0.2, 0.25) is 0 Å². The van der Waals surface area contributed by atoms with E-state index in [0.29, 0.717) is 24.9 Å². The Kier molecular flexibility index (Phi) is 3.53. The number of amides is 1. The maximum Gasteiger partial charge on any atom is 0.407 e. The Balaban J connectivity index is 2.29. The standard InChI is InChI=1S/C12H24N2O2/c1-11(2,3)16-10(15)14-7-9-8(6-13)12(9,4)5/h8-9H,6-7,13H2,1-5H3,(H,14,15)/t8-,9-/m0/s1. The van der Waals surface area contributed by atoms with Gasteiger partial charge < -0.3 is 15.8 Å². The van der Waals surface area contributed by atoms with Crippen LogP contribution in [0.4, 0.5) is 4.79 Å². The molecule has 0 bridgehead atoms. The molecule has 1 aliphatic carbocycles. The SMILES string of the molecule is CC(C)(C)OC(=O)NC[C@H]1[C@H](CN)C1(C)C. The van der Waals surface area contributed by atoms with E-state index < -0.39 is 5.60 Å². The average molecular weight is 228 g/mol. The molecule has 0 saturated heterocycles. The molecule has 3 N–H and O–H groups in total. The summed E-state index contributed by atoms with van der Waals surface area (Å²) in [5, 5.41) is 2.80. The number of carbonyl (C=O) groups is 1. The Morgan fingerprint density at radius 1 is 1.38 bits per heavy atom. The van der Waals surface area contributed by atoms with Gasteiger partial charge in [0, 0.05) is 6.54 Å². The summed E-state index contributed by atoms with van der Waals surface area (Å²) < 4.78 is 5.17. The summed E-state index contributed by atoms with van der Waals surface area (Å²) in [5.74, 6) is 0.993. The number of nitrogens with two attached hydrogens (primary N) is 1. The van der Waals surface area contributed by atoms with Gasteiger partial charge in [0.25, 0.3) is 0 Å². The van der Waals surface area contributed by atoms with Crippen molar-refractivity contribution in [2.45, 2.75) is 40.2 Å². The molecule has 0 aliphatic heterocycles. The third-order valence-electron chi connectivity index (χ3n) is 3.41. The molecule has 1 rings (SSSR count). The Morgan fingerprint density at radius 3 is 2.31 bits per heavy atom. The van der Waals surface area contributed by atoms with Crippen LogP contribution in [-0.4, -0.2) is 24.8 Å². The summed E-state index contributed by atoms with van der Waals surface area (Å²) in [5.41, 5.74) is 5.48. The summed E-state index contributed by atoms with van der Waals surface area (Å²) in [7, 11) is 0. The molecule has 1 aliphatic rings. The average Bonchev–Trinajstić information content (AvgIpc) is 2.60. The number of nitrogens with one attached hydrogen (secondary N) is 1. The molecule has 94 valence electrons. The Hall–Kier alpha value is -0.770. The van der Waals surface area contributed by atoms with E-state index in [1.807, 2.05) is 20.8 Å². The molecule has 0 radical (unpaired) electrons. The van der Waals surface area contributed by atoms with Gasteiger partial charge in [0.2, 0.25) is 0 Å². The zero-order chi connectivity index (χ0) is 12.6. The van der Waals surface area contributed by atoms with Crippen LogP contribution in [0.15, 0.2) is 0 Å². The highest BCUT2D eigenvalue weighted by atomic mass is 16.6. The Morgan fingerprint density at radius 2 is 1.94 bits per heavy atom. The van der Waals surface area contributed by atoms with Gasteiger partial charge in [-0.15, -0.1) is 0 Å². The maximum atomic E-state index is 11.4. The monoisotopic (exact) mass is 228 g/mol. The predicted octanol–water partition coefficient (Wildman–Crippen LogP) is 1.74. The van der Waals surface area contributed by atoms with E-state index in [9.17, 15) is 4.79 Å². The van der Waals surface area contributed by atoms with E-state index in [1.165, 1.54) is 0 Å². The van der Waals surface area contributed by atoms with Crippen LogP contribution < -0.4 is 11.1 Å². The second-order valence-electron chi connectivity index (χ2n) is 6.15. The molecule has 4 heteroatoms. The van der Waals surface area contributed by atoms with Crippen molar-refractivity contribution in [3.05, 3.63) is 0 Å². The van der Waals surface area contributed by atoms with Crippen LogP contribution in [0.3, 0.4) is 0 Å². The van der Waals surface area contributed by atoms with Crippen molar-refractivity contribution in [3.8, 4) is 0 Å². The summed E-state index contributed by atoms with van der Waals surface area (Å²) in [6, 6.07) is 0. The number of carbonyl (C=O) groups excluding carboxylic acids is 1. The second-order valence-corrected chi connectivity index (χ2v) is 6.15. The lowest BCUT2D eigenvalue weighted by Gasteiger charge is -2.19. The highest BCUT2D eigenvalue weighted by Gasteiger charge is 2.56. The quantitative estimate of drug-likeness (QED) is 0.773. The molecule has 0 heterocycles. The highest BCUT2D eigenvalue weighted by Crippen LogP contribution is 2.57. The topological polar surface area (TPSA) is 64.3 Å². The van der Waals surface area contributed by atoms with Crippen molar-refractivity contribution in [3.63, 3.8) is 0 Å². The maximum absolute atomic E-state index is 11.4. The Bertz CT molecular complexity index is 269. The zero-order valence-corrected chi connectivity index (χ0v) is 11.0. The lowest BCUT2D eigenvalue weighted by atomic mass is 10.1. The van der Waals surface area contributed by atoms with E-state index in [4.69, 9.17) is 10.5 Å². The number of alkyl carbamates (subject to hydrolysis) is 1. The van der Waals surface area contributed by atoms with Gasteiger partial charge in [0.05, 0.1) is 0 Å². The summed E-state index contributed by atoms with van der Waals surface area (Å²) >= 11 is 0. The van der Waals surface area contributed by atoms with Crippen LogP contribution >= 0.6 is 0 Å². The van der Waals surface area contributed by atoms with Gasteiger partial charge in [-0.3, -0.25) is 0 Å². The van der Waals surface area contributed by atoms with Gasteiger partial charge in [-0.2, -0.15) is 0 Å². The number of hydrogen-bond donors (Lipinski definition) is 2. The normalized spacial score (nSPS) is 27.4. The largest absolute Gasteiger partial charge is 0.444 e.